The Kier molecular flexibility index (Phi) is 4.03. The molecule has 0 unspecified atom stereocenters. The first-order valence-corrected chi connectivity index (χ1v) is 7.54. The highest BCUT2D eigenvalue weighted by Crippen LogP contribution is 2.38. The Labute approximate surface area is 128 Å². The molecule has 0 bridgehead atoms. The van der Waals surface area contributed by atoms with E-state index in [0.717, 1.165) is 9.17 Å². The predicted molar refractivity (Wildman–Crippen MR) is 82.2 cm³/mol. The monoisotopic (exact) mass is 362 g/mol. The van der Waals surface area contributed by atoms with Crippen LogP contribution in [0.3, 0.4) is 0 Å². The first-order chi connectivity index (χ1) is 8.78. The topological polar surface area (TPSA) is 51.2 Å². The van der Waals surface area contributed by atoms with Gasteiger partial charge in [-0.15, -0.1) is 11.3 Å². The first kappa shape index (κ1) is 14.6. The van der Waals surface area contributed by atoms with Gasteiger partial charge in [-0.3, -0.25) is 5.32 Å². The highest BCUT2D eigenvalue weighted by atomic mass is 79.9. The van der Waals surface area contributed by atoms with E-state index in [4.69, 9.17) is 16.3 Å². The molecule has 0 aliphatic heterocycles. The molecule has 0 saturated heterocycles. The molecular formula is C12H12BrClN2O2S. The zero-order valence-corrected chi connectivity index (χ0v) is 13.7. The maximum absolute atomic E-state index is 11.8. The number of hydrogen-bond donors (Lipinski definition) is 1. The van der Waals surface area contributed by atoms with Crippen molar-refractivity contribution in [3.05, 3.63) is 21.1 Å². The molecule has 19 heavy (non-hydrogen) atoms. The van der Waals surface area contributed by atoms with Gasteiger partial charge in [0.25, 0.3) is 0 Å². The molecule has 2 aromatic rings. The molecule has 2 rings (SSSR count). The second-order valence-corrected chi connectivity index (χ2v) is 6.99. The summed E-state index contributed by atoms with van der Waals surface area (Å²) in [6.45, 7) is 5.40. The normalized spacial score (nSPS) is 11.6. The van der Waals surface area contributed by atoms with Crippen molar-refractivity contribution in [1.29, 1.82) is 0 Å². The minimum Gasteiger partial charge on any atom is -0.444 e. The smallest absolute Gasteiger partial charge is 0.412 e. The number of hydrogen-bond acceptors (Lipinski definition) is 4. The molecule has 0 radical (unpaired) electrons. The maximum atomic E-state index is 11.8. The summed E-state index contributed by atoms with van der Waals surface area (Å²) >= 11 is 11.0. The highest BCUT2D eigenvalue weighted by molar-refractivity contribution is 9.10. The van der Waals surface area contributed by atoms with Gasteiger partial charge < -0.3 is 4.74 Å². The van der Waals surface area contributed by atoms with Gasteiger partial charge in [-0.2, -0.15) is 0 Å². The summed E-state index contributed by atoms with van der Waals surface area (Å²) in [5, 5.41) is 3.07. The van der Waals surface area contributed by atoms with Gasteiger partial charge in [0.05, 0.1) is 20.9 Å². The zero-order valence-electron chi connectivity index (χ0n) is 10.6. The maximum Gasteiger partial charge on any atom is 0.412 e. The molecule has 0 aliphatic rings. The Balaban J connectivity index is 2.35. The molecule has 1 amide bonds. The third-order valence-corrected chi connectivity index (χ3v) is 4.19. The minimum absolute atomic E-state index is 0.413. The molecule has 0 aliphatic carbocycles. The molecule has 1 N–H and O–H groups in total. The van der Waals surface area contributed by atoms with Crippen LogP contribution in [0.2, 0.25) is 5.02 Å². The third kappa shape index (κ3) is 3.38. The fourth-order valence-corrected chi connectivity index (χ4v) is 3.26. The van der Waals surface area contributed by atoms with Crippen LogP contribution in [0.25, 0.3) is 10.2 Å². The van der Waals surface area contributed by atoms with Crippen LogP contribution in [0.5, 0.6) is 0 Å². The van der Waals surface area contributed by atoms with Crippen molar-refractivity contribution in [3.63, 3.8) is 0 Å². The second kappa shape index (κ2) is 5.26. The molecule has 1 aromatic carbocycles. The number of nitrogens with zero attached hydrogens (tertiary/aromatic N) is 1. The van der Waals surface area contributed by atoms with Crippen molar-refractivity contribution in [2.45, 2.75) is 26.4 Å². The molecule has 1 aromatic heterocycles. The van der Waals surface area contributed by atoms with Gasteiger partial charge in [0, 0.05) is 4.47 Å². The van der Waals surface area contributed by atoms with Gasteiger partial charge >= 0.3 is 6.09 Å². The van der Waals surface area contributed by atoms with E-state index in [1.807, 2.05) is 0 Å². The summed E-state index contributed by atoms with van der Waals surface area (Å²) in [5.41, 5.74) is 2.25. The predicted octanol–water partition coefficient (Wildman–Crippen LogP) is 5.06. The van der Waals surface area contributed by atoms with E-state index in [1.54, 1.807) is 32.3 Å². The van der Waals surface area contributed by atoms with Crippen LogP contribution >= 0.6 is 38.9 Å². The Morgan fingerprint density at radius 3 is 2.84 bits per heavy atom. The van der Waals surface area contributed by atoms with E-state index in [1.165, 1.54) is 11.3 Å². The number of nitrogens with one attached hydrogen (secondary N) is 1. The second-order valence-electron chi connectivity index (χ2n) is 4.87. The van der Waals surface area contributed by atoms with Gasteiger partial charge in [-0.1, -0.05) is 11.6 Å². The number of carbonyl (C=O) groups is 1. The van der Waals surface area contributed by atoms with Crippen LogP contribution in [0.15, 0.2) is 16.0 Å². The number of thiazole rings is 1. The van der Waals surface area contributed by atoms with Crippen molar-refractivity contribution in [2.75, 3.05) is 5.32 Å². The Morgan fingerprint density at radius 2 is 2.21 bits per heavy atom. The van der Waals surface area contributed by atoms with Crippen LogP contribution in [-0.2, 0) is 4.74 Å². The molecule has 7 heteroatoms. The zero-order chi connectivity index (χ0) is 14.2. The van der Waals surface area contributed by atoms with Crippen molar-refractivity contribution in [2.24, 2.45) is 0 Å². The average Bonchev–Trinajstić information content (AvgIpc) is 2.70. The average molecular weight is 364 g/mol. The van der Waals surface area contributed by atoms with Crippen molar-refractivity contribution in [3.8, 4) is 0 Å². The van der Waals surface area contributed by atoms with E-state index in [0.29, 0.717) is 16.2 Å². The number of benzene rings is 1. The molecule has 0 spiro atoms. The fraction of sp³-hybridized carbons (Fsp3) is 0.333. The Morgan fingerprint density at radius 1 is 1.53 bits per heavy atom. The standard InChI is InChI=1S/C12H12BrClN2O2S/c1-12(2,3)18-11(17)16-8-7(14)4-6(13)10-9(8)15-5-19-10/h4-5H,1-3H3,(H,16,17). The van der Waals surface area contributed by atoms with Crippen LogP contribution in [-0.4, -0.2) is 16.7 Å². The molecular weight excluding hydrogens is 352 g/mol. The molecule has 4 nitrogen and oxygen atoms in total. The number of anilines is 1. The van der Waals surface area contributed by atoms with Crippen LogP contribution in [0.1, 0.15) is 20.8 Å². The molecule has 0 atom stereocenters. The minimum atomic E-state index is -0.562. The van der Waals surface area contributed by atoms with Crippen molar-refractivity contribution >= 4 is 60.9 Å². The van der Waals surface area contributed by atoms with Gasteiger partial charge in [0.15, 0.2) is 0 Å². The van der Waals surface area contributed by atoms with E-state index in [-0.39, 0.29) is 0 Å². The first-order valence-electron chi connectivity index (χ1n) is 5.49. The van der Waals surface area contributed by atoms with Gasteiger partial charge in [0.1, 0.15) is 11.1 Å². The molecule has 1 heterocycles. The lowest BCUT2D eigenvalue weighted by Crippen LogP contribution is -2.27. The summed E-state index contributed by atoms with van der Waals surface area (Å²) in [6.07, 6.45) is -0.550. The van der Waals surface area contributed by atoms with E-state index < -0.39 is 11.7 Å². The van der Waals surface area contributed by atoms with E-state index in [9.17, 15) is 4.79 Å². The highest BCUT2D eigenvalue weighted by Gasteiger charge is 2.19. The molecule has 0 fully saturated rings. The third-order valence-electron chi connectivity index (χ3n) is 2.14. The summed E-state index contributed by atoms with van der Waals surface area (Å²) in [4.78, 5) is 16.0. The van der Waals surface area contributed by atoms with Gasteiger partial charge in [-0.05, 0) is 42.8 Å². The largest absolute Gasteiger partial charge is 0.444 e. The lowest BCUT2D eigenvalue weighted by molar-refractivity contribution is 0.0636. The van der Waals surface area contributed by atoms with Crippen molar-refractivity contribution < 1.29 is 9.53 Å². The van der Waals surface area contributed by atoms with Gasteiger partial charge in [0.2, 0.25) is 0 Å². The lowest BCUT2D eigenvalue weighted by atomic mass is 10.2. The number of fused-ring (bicyclic) bond motifs is 1. The summed E-state index contributed by atoms with van der Waals surface area (Å²) < 4.78 is 6.99. The number of aromatic nitrogens is 1. The summed E-state index contributed by atoms with van der Waals surface area (Å²) in [5.74, 6) is 0. The Bertz CT molecular complexity index is 636. The number of halogens is 2. The van der Waals surface area contributed by atoms with E-state index in [2.05, 4.69) is 26.2 Å². The van der Waals surface area contributed by atoms with Crippen LogP contribution < -0.4 is 5.32 Å². The summed E-state index contributed by atoms with van der Waals surface area (Å²) in [6, 6.07) is 1.73. The van der Waals surface area contributed by atoms with Crippen LogP contribution in [0, 0.1) is 0 Å². The number of ether oxygens (including phenoxy) is 1. The molecule has 0 saturated carbocycles. The number of rotatable bonds is 1. The number of carbonyl (C=O) groups excluding carboxylic acids is 1. The lowest BCUT2D eigenvalue weighted by Gasteiger charge is -2.20. The SMILES string of the molecule is CC(C)(C)OC(=O)Nc1c(Cl)cc(Br)c2scnc12. The Hall–Kier alpha value is -0.850. The fourth-order valence-electron chi connectivity index (χ4n) is 1.48. The summed E-state index contributed by atoms with van der Waals surface area (Å²) in [7, 11) is 0. The molecule has 102 valence electrons. The van der Waals surface area contributed by atoms with Gasteiger partial charge in [-0.25, -0.2) is 9.78 Å². The quantitative estimate of drug-likeness (QED) is 0.770. The number of amides is 1. The van der Waals surface area contributed by atoms with Crippen LogP contribution in [0.4, 0.5) is 10.5 Å². The van der Waals surface area contributed by atoms with Crippen molar-refractivity contribution in [1.82, 2.24) is 4.98 Å². The van der Waals surface area contributed by atoms with E-state index >= 15 is 0 Å².